The number of rotatable bonds is 3. The van der Waals surface area contributed by atoms with E-state index in [9.17, 15) is 4.79 Å². The van der Waals surface area contributed by atoms with Crippen molar-refractivity contribution in [2.75, 3.05) is 13.1 Å². The number of aromatic nitrogens is 3. The monoisotopic (exact) mass is 378 g/mol. The predicted molar refractivity (Wildman–Crippen MR) is 103 cm³/mol. The first-order valence-electron chi connectivity index (χ1n) is 8.99. The summed E-state index contributed by atoms with van der Waals surface area (Å²) in [5, 5.41) is 6.79. The number of carbonyl (C=O) groups is 1. The van der Waals surface area contributed by atoms with Gasteiger partial charge in [-0.15, -0.1) is 11.3 Å². The lowest BCUT2D eigenvalue weighted by atomic mass is 9.97. The van der Waals surface area contributed by atoms with E-state index in [0.717, 1.165) is 36.4 Å². The zero-order valence-electron chi connectivity index (χ0n) is 14.6. The van der Waals surface area contributed by atoms with Crippen molar-refractivity contribution in [3.05, 3.63) is 65.8 Å². The second-order valence-corrected chi connectivity index (χ2v) is 7.72. The molecule has 1 atom stereocenters. The molecule has 1 saturated heterocycles. The first kappa shape index (κ1) is 16.3. The van der Waals surface area contributed by atoms with Crippen LogP contribution < -0.4 is 0 Å². The summed E-state index contributed by atoms with van der Waals surface area (Å²) in [6, 6.07) is 9.94. The van der Waals surface area contributed by atoms with Crippen LogP contribution in [-0.2, 0) is 0 Å². The quantitative estimate of drug-likeness (QED) is 0.539. The molecular weight excluding hydrogens is 360 g/mol. The Kier molecular flexibility index (Phi) is 4.01. The molecular formula is C20H18N4O2S. The van der Waals surface area contributed by atoms with Gasteiger partial charge >= 0.3 is 0 Å². The largest absolute Gasteiger partial charge is 0.472 e. The van der Waals surface area contributed by atoms with Gasteiger partial charge in [0.1, 0.15) is 6.26 Å². The average molecular weight is 378 g/mol. The van der Waals surface area contributed by atoms with Crippen LogP contribution in [0, 0.1) is 0 Å². The number of nitrogens with zero attached hydrogens (tertiary/aromatic N) is 4. The Hall–Kier alpha value is -2.93. The molecule has 5 rings (SSSR count). The number of amides is 1. The van der Waals surface area contributed by atoms with Crippen molar-refractivity contribution >= 4 is 22.9 Å². The Bertz CT molecular complexity index is 1070. The van der Waals surface area contributed by atoms with Gasteiger partial charge < -0.3 is 9.32 Å². The summed E-state index contributed by atoms with van der Waals surface area (Å²) in [5.41, 5.74) is 2.57. The van der Waals surface area contributed by atoms with Crippen LogP contribution >= 0.6 is 11.3 Å². The molecule has 0 aromatic carbocycles. The van der Waals surface area contributed by atoms with Gasteiger partial charge in [-0.3, -0.25) is 4.79 Å². The minimum absolute atomic E-state index is 0.0113. The highest BCUT2D eigenvalue weighted by Crippen LogP contribution is 2.28. The lowest BCUT2D eigenvalue weighted by molar-refractivity contribution is 0.0704. The Morgan fingerprint density at radius 2 is 2.22 bits per heavy atom. The van der Waals surface area contributed by atoms with Gasteiger partial charge in [0.05, 0.1) is 11.8 Å². The van der Waals surface area contributed by atoms with Crippen LogP contribution in [0.5, 0.6) is 0 Å². The topological polar surface area (TPSA) is 63.6 Å². The van der Waals surface area contributed by atoms with Gasteiger partial charge in [0.2, 0.25) is 0 Å². The summed E-state index contributed by atoms with van der Waals surface area (Å²) >= 11 is 1.71. The SMILES string of the molecule is O=C(c1ccoc1)N1CCCC(c2nc3ccc(-c4cccs4)cn3n2)C1. The van der Waals surface area contributed by atoms with Crippen LogP contribution in [0.1, 0.15) is 34.9 Å². The predicted octanol–water partition coefficient (Wildman–Crippen LogP) is 4.07. The molecule has 1 aliphatic rings. The van der Waals surface area contributed by atoms with Crippen LogP contribution in [0.2, 0.25) is 0 Å². The summed E-state index contributed by atoms with van der Waals surface area (Å²) in [6.45, 7) is 1.40. The maximum absolute atomic E-state index is 12.6. The maximum Gasteiger partial charge on any atom is 0.257 e. The second kappa shape index (κ2) is 6.66. The van der Waals surface area contributed by atoms with Crippen molar-refractivity contribution in [2.24, 2.45) is 0 Å². The molecule has 136 valence electrons. The molecule has 6 nitrogen and oxygen atoms in total. The highest BCUT2D eigenvalue weighted by molar-refractivity contribution is 7.13. The zero-order valence-corrected chi connectivity index (χ0v) is 15.4. The summed E-state index contributed by atoms with van der Waals surface area (Å²) in [6.07, 6.45) is 6.99. The highest BCUT2D eigenvalue weighted by Gasteiger charge is 2.28. The molecule has 0 radical (unpaired) electrons. The van der Waals surface area contributed by atoms with Gasteiger partial charge in [0.15, 0.2) is 11.5 Å². The molecule has 1 amide bonds. The van der Waals surface area contributed by atoms with E-state index in [-0.39, 0.29) is 11.8 Å². The molecule has 5 heterocycles. The van der Waals surface area contributed by atoms with Crippen LogP contribution in [0.4, 0.5) is 0 Å². The number of carbonyl (C=O) groups excluding carboxylic acids is 1. The average Bonchev–Trinajstić information content (AvgIpc) is 3.48. The maximum atomic E-state index is 12.6. The molecule has 0 bridgehead atoms. The van der Waals surface area contributed by atoms with Crippen LogP contribution in [0.15, 0.2) is 58.9 Å². The Labute approximate surface area is 160 Å². The number of pyridine rings is 1. The number of furan rings is 1. The third kappa shape index (κ3) is 3.04. The number of piperidine rings is 1. The van der Waals surface area contributed by atoms with Gasteiger partial charge in [-0.05, 0) is 42.5 Å². The van der Waals surface area contributed by atoms with Gasteiger partial charge in [0, 0.05) is 35.6 Å². The Morgan fingerprint density at radius 1 is 1.26 bits per heavy atom. The smallest absolute Gasteiger partial charge is 0.257 e. The molecule has 1 fully saturated rings. The molecule has 0 N–H and O–H groups in total. The van der Waals surface area contributed by atoms with E-state index in [0.29, 0.717) is 12.1 Å². The number of thiophene rings is 1. The molecule has 4 aromatic heterocycles. The number of fused-ring (bicyclic) bond motifs is 1. The third-order valence-electron chi connectivity index (χ3n) is 4.99. The lowest BCUT2D eigenvalue weighted by Gasteiger charge is -2.31. The fraction of sp³-hybridized carbons (Fsp3) is 0.250. The standard InChI is InChI=1S/C20H18N4O2S/c25-20(16-7-9-26-13-16)23-8-1-3-15(11-23)19-21-18-6-5-14(12-24(18)22-19)17-4-2-10-27-17/h2,4-7,9-10,12-13,15H,1,3,8,11H2. The summed E-state index contributed by atoms with van der Waals surface area (Å²) in [7, 11) is 0. The van der Waals surface area contributed by atoms with Crippen LogP contribution in [0.25, 0.3) is 16.1 Å². The molecule has 4 aromatic rings. The summed E-state index contributed by atoms with van der Waals surface area (Å²) < 4.78 is 6.89. The van der Waals surface area contributed by atoms with Crippen molar-refractivity contribution in [3.63, 3.8) is 0 Å². The van der Waals surface area contributed by atoms with Crippen molar-refractivity contribution in [1.82, 2.24) is 19.5 Å². The minimum Gasteiger partial charge on any atom is -0.472 e. The van der Waals surface area contributed by atoms with E-state index in [1.165, 1.54) is 17.4 Å². The highest BCUT2D eigenvalue weighted by atomic mass is 32.1. The number of likely N-dealkylation sites (tertiary alicyclic amines) is 1. The first-order valence-corrected chi connectivity index (χ1v) is 9.87. The summed E-state index contributed by atoms with van der Waals surface area (Å²) in [4.78, 5) is 20.4. The molecule has 1 aliphatic heterocycles. The van der Waals surface area contributed by atoms with Crippen molar-refractivity contribution < 1.29 is 9.21 Å². The number of hydrogen-bond acceptors (Lipinski definition) is 5. The second-order valence-electron chi connectivity index (χ2n) is 6.77. The molecule has 7 heteroatoms. The molecule has 1 unspecified atom stereocenters. The lowest BCUT2D eigenvalue weighted by Crippen LogP contribution is -2.39. The van der Waals surface area contributed by atoms with E-state index >= 15 is 0 Å². The number of hydrogen-bond donors (Lipinski definition) is 0. The van der Waals surface area contributed by atoms with Crippen LogP contribution in [-0.4, -0.2) is 38.5 Å². The first-order chi connectivity index (χ1) is 13.3. The fourth-order valence-corrected chi connectivity index (χ4v) is 4.32. The van der Waals surface area contributed by atoms with Crippen molar-refractivity contribution in [1.29, 1.82) is 0 Å². The minimum atomic E-state index is 0.0113. The van der Waals surface area contributed by atoms with E-state index in [1.807, 2.05) is 27.7 Å². The normalized spacial score (nSPS) is 17.5. The van der Waals surface area contributed by atoms with E-state index in [4.69, 9.17) is 14.5 Å². The van der Waals surface area contributed by atoms with Gasteiger partial charge in [0.25, 0.3) is 5.91 Å². The van der Waals surface area contributed by atoms with Crippen molar-refractivity contribution in [2.45, 2.75) is 18.8 Å². The molecule has 0 aliphatic carbocycles. The molecule has 0 saturated carbocycles. The summed E-state index contributed by atoms with van der Waals surface area (Å²) in [5.74, 6) is 0.972. The van der Waals surface area contributed by atoms with Gasteiger partial charge in [-0.2, -0.15) is 5.10 Å². The van der Waals surface area contributed by atoms with E-state index in [2.05, 4.69) is 17.5 Å². The Balaban J connectivity index is 1.40. The molecule has 27 heavy (non-hydrogen) atoms. The molecule has 0 spiro atoms. The Morgan fingerprint density at radius 3 is 3.04 bits per heavy atom. The van der Waals surface area contributed by atoms with Crippen LogP contribution in [0.3, 0.4) is 0 Å². The van der Waals surface area contributed by atoms with E-state index < -0.39 is 0 Å². The zero-order chi connectivity index (χ0) is 18.2. The third-order valence-corrected chi connectivity index (χ3v) is 5.91. The van der Waals surface area contributed by atoms with Crippen molar-refractivity contribution in [3.8, 4) is 10.4 Å². The fourth-order valence-electron chi connectivity index (χ4n) is 3.60. The van der Waals surface area contributed by atoms with E-state index in [1.54, 1.807) is 17.4 Å². The van der Waals surface area contributed by atoms with Gasteiger partial charge in [-0.25, -0.2) is 9.50 Å². The van der Waals surface area contributed by atoms with Gasteiger partial charge in [-0.1, -0.05) is 6.07 Å².